The number of imidazole rings is 1. The number of nitrogens with one attached hydrogen (secondary N) is 1. The Morgan fingerprint density at radius 3 is 2.48 bits per heavy atom. The molecule has 0 aliphatic carbocycles. The van der Waals surface area contributed by atoms with E-state index in [9.17, 15) is 14.4 Å². The third kappa shape index (κ3) is 5.00. The third-order valence-electron chi connectivity index (χ3n) is 3.12. The van der Waals surface area contributed by atoms with Crippen molar-refractivity contribution in [3.63, 3.8) is 0 Å². The minimum absolute atomic E-state index is 0.103. The van der Waals surface area contributed by atoms with Crippen molar-refractivity contribution in [2.24, 2.45) is 0 Å². The number of carbonyl (C=O) groups is 3. The molecule has 0 spiro atoms. The summed E-state index contributed by atoms with van der Waals surface area (Å²) >= 11 is 2.59. The summed E-state index contributed by atoms with van der Waals surface area (Å²) in [5.41, 5.74) is 0. The monoisotopic (exact) mass is 360 g/mol. The van der Waals surface area contributed by atoms with Crippen LogP contribution in [0.5, 0.6) is 0 Å². The molecule has 7 nitrogen and oxygen atoms in total. The summed E-state index contributed by atoms with van der Waals surface area (Å²) in [7, 11) is 0. The largest absolute Gasteiger partial charge is 0.463 e. The Bertz CT molecular complexity index is 529. The topological polar surface area (TPSA) is 98.4 Å². The summed E-state index contributed by atoms with van der Waals surface area (Å²) in [5, 5.41) is 0. The summed E-state index contributed by atoms with van der Waals surface area (Å²) in [6, 6.07) is 0. The van der Waals surface area contributed by atoms with Gasteiger partial charge in [-0.1, -0.05) is 6.92 Å². The molecule has 0 aliphatic rings. The fraction of sp³-hybridized carbons (Fsp3) is 0.571. The molecule has 23 heavy (non-hydrogen) atoms. The van der Waals surface area contributed by atoms with Crippen molar-refractivity contribution in [1.29, 1.82) is 0 Å². The number of hydrogen-bond acceptors (Lipinski definition) is 8. The second-order valence-electron chi connectivity index (χ2n) is 4.45. The van der Waals surface area contributed by atoms with Gasteiger partial charge in [0.05, 0.1) is 0 Å². The molecule has 128 valence electrons. The predicted molar refractivity (Wildman–Crippen MR) is 89.8 cm³/mol. The maximum absolute atomic E-state index is 12.3. The molecule has 0 radical (unpaired) electrons. The second-order valence-corrected chi connectivity index (χ2v) is 6.54. The van der Waals surface area contributed by atoms with E-state index in [4.69, 9.17) is 9.47 Å². The van der Waals surface area contributed by atoms with E-state index in [2.05, 4.69) is 9.97 Å². The summed E-state index contributed by atoms with van der Waals surface area (Å²) in [4.78, 5) is 42.8. The van der Waals surface area contributed by atoms with Crippen LogP contribution in [-0.4, -0.2) is 63.9 Å². The summed E-state index contributed by atoms with van der Waals surface area (Å²) in [6.07, 6.45) is 6.66. The molecule has 0 aliphatic heterocycles. The Kier molecular flexibility index (Phi) is 8.18. The SMILES string of the molecule is CCC(SC)(C(=O)OCCSC)C(=O)OCC(=O)c1ncc[nH]1. The number of rotatable bonds is 10. The van der Waals surface area contributed by atoms with Gasteiger partial charge >= 0.3 is 11.9 Å². The molecule has 0 saturated heterocycles. The van der Waals surface area contributed by atoms with Crippen LogP contribution in [0.3, 0.4) is 0 Å². The fourth-order valence-electron chi connectivity index (χ4n) is 1.75. The number of esters is 2. The molecule has 0 amide bonds. The first-order valence-electron chi connectivity index (χ1n) is 6.93. The third-order valence-corrected chi connectivity index (χ3v) is 5.02. The average molecular weight is 360 g/mol. The van der Waals surface area contributed by atoms with Crippen molar-refractivity contribution in [2.45, 2.75) is 18.1 Å². The maximum atomic E-state index is 12.3. The maximum Gasteiger partial charge on any atom is 0.334 e. The average Bonchev–Trinajstić information content (AvgIpc) is 3.09. The summed E-state index contributed by atoms with van der Waals surface area (Å²) in [5.74, 6) is -1.14. The van der Waals surface area contributed by atoms with E-state index < -0.39 is 29.1 Å². The van der Waals surface area contributed by atoms with Gasteiger partial charge in [-0.05, 0) is 18.9 Å². The lowest BCUT2D eigenvalue weighted by Crippen LogP contribution is -2.46. The standard InChI is InChI=1S/C14H20N2O5S2/c1-4-14(23-3,12(18)20-7-8-22-2)13(19)21-9-10(17)11-15-5-6-16-11/h5-6H,4,7-9H2,1-3H3,(H,15,16). The van der Waals surface area contributed by atoms with E-state index >= 15 is 0 Å². The molecule has 0 aromatic carbocycles. The molecule has 1 aromatic rings. The van der Waals surface area contributed by atoms with E-state index in [1.54, 1.807) is 13.2 Å². The van der Waals surface area contributed by atoms with Crippen molar-refractivity contribution in [3.8, 4) is 0 Å². The quantitative estimate of drug-likeness (QED) is 0.290. The number of Topliss-reactive ketones (excluding diaryl/α,β-unsaturated/α-hetero) is 1. The Morgan fingerprint density at radius 2 is 1.96 bits per heavy atom. The van der Waals surface area contributed by atoms with Crippen LogP contribution in [0.15, 0.2) is 12.4 Å². The van der Waals surface area contributed by atoms with E-state index in [-0.39, 0.29) is 18.9 Å². The summed E-state index contributed by atoms with van der Waals surface area (Å²) in [6.45, 7) is 1.44. The van der Waals surface area contributed by atoms with Gasteiger partial charge < -0.3 is 14.5 Å². The van der Waals surface area contributed by atoms with Gasteiger partial charge in [-0.2, -0.15) is 11.8 Å². The van der Waals surface area contributed by atoms with Crippen LogP contribution in [-0.2, 0) is 19.1 Å². The molecule has 0 saturated carbocycles. The second kappa shape index (κ2) is 9.61. The summed E-state index contributed by atoms with van der Waals surface area (Å²) < 4.78 is 8.72. The molecule has 1 heterocycles. The predicted octanol–water partition coefficient (Wildman–Crippen LogP) is 1.55. The number of thioether (sulfide) groups is 2. The number of aromatic amines is 1. The molecule has 9 heteroatoms. The van der Waals surface area contributed by atoms with Gasteiger partial charge in [-0.25, -0.2) is 14.6 Å². The molecular formula is C14H20N2O5S2. The molecular weight excluding hydrogens is 340 g/mol. The number of nitrogens with zero attached hydrogens (tertiary/aromatic N) is 1. The first kappa shape index (κ1) is 19.6. The van der Waals surface area contributed by atoms with Crippen molar-refractivity contribution in [2.75, 3.05) is 31.5 Å². The smallest absolute Gasteiger partial charge is 0.334 e. The highest BCUT2D eigenvalue weighted by Gasteiger charge is 2.47. The van der Waals surface area contributed by atoms with Gasteiger partial charge in [0.1, 0.15) is 6.61 Å². The van der Waals surface area contributed by atoms with Gasteiger partial charge in [0.25, 0.3) is 0 Å². The minimum atomic E-state index is -1.46. The molecule has 1 rings (SSSR count). The van der Waals surface area contributed by atoms with Gasteiger partial charge in [0.2, 0.25) is 10.5 Å². The number of H-pyrrole nitrogens is 1. The van der Waals surface area contributed by atoms with Crippen LogP contribution in [0.4, 0.5) is 0 Å². The number of hydrogen-bond donors (Lipinski definition) is 1. The highest BCUT2D eigenvalue weighted by atomic mass is 32.2. The fourth-order valence-corrected chi connectivity index (χ4v) is 2.74. The van der Waals surface area contributed by atoms with Gasteiger partial charge in [-0.3, -0.25) is 4.79 Å². The van der Waals surface area contributed by atoms with Crippen molar-refractivity contribution in [1.82, 2.24) is 9.97 Å². The Balaban J connectivity index is 2.69. The minimum Gasteiger partial charge on any atom is -0.463 e. The van der Waals surface area contributed by atoms with Crippen molar-refractivity contribution in [3.05, 3.63) is 18.2 Å². The molecule has 1 atom stereocenters. The van der Waals surface area contributed by atoms with Gasteiger partial charge in [0.15, 0.2) is 12.4 Å². The van der Waals surface area contributed by atoms with Crippen LogP contribution in [0, 0.1) is 0 Å². The van der Waals surface area contributed by atoms with Crippen LogP contribution >= 0.6 is 23.5 Å². The zero-order chi connectivity index (χ0) is 17.3. The molecule has 0 fully saturated rings. The lowest BCUT2D eigenvalue weighted by atomic mass is 10.1. The first-order chi connectivity index (χ1) is 11.0. The first-order valence-corrected chi connectivity index (χ1v) is 9.54. The lowest BCUT2D eigenvalue weighted by molar-refractivity contribution is -0.158. The van der Waals surface area contributed by atoms with E-state index in [1.807, 2.05) is 6.26 Å². The van der Waals surface area contributed by atoms with E-state index in [0.29, 0.717) is 5.75 Å². The van der Waals surface area contributed by atoms with Crippen molar-refractivity contribution >= 4 is 41.2 Å². The van der Waals surface area contributed by atoms with Crippen LogP contribution < -0.4 is 0 Å². The Morgan fingerprint density at radius 1 is 1.26 bits per heavy atom. The molecule has 1 unspecified atom stereocenters. The zero-order valence-corrected chi connectivity index (χ0v) is 14.9. The van der Waals surface area contributed by atoms with Gasteiger partial charge in [-0.15, -0.1) is 11.8 Å². The van der Waals surface area contributed by atoms with Crippen molar-refractivity contribution < 1.29 is 23.9 Å². The Labute approximate surface area is 143 Å². The highest BCUT2D eigenvalue weighted by Crippen LogP contribution is 2.30. The lowest BCUT2D eigenvalue weighted by Gasteiger charge is -2.25. The van der Waals surface area contributed by atoms with E-state index in [0.717, 1.165) is 11.8 Å². The number of aromatic nitrogens is 2. The number of carbonyl (C=O) groups excluding carboxylic acids is 3. The van der Waals surface area contributed by atoms with Crippen LogP contribution in [0.2, 0.25) is 0 Å². The molecule has 1 N–H and O–H groups in total. The number of ether oxygens (including phenoxy) is 2. The molecule has 0 bridgehead atoms. The van der Waals surface area contributed by atoms with Gasteiger partial charge in [0, 0.05) is 18.1 Å². The molecule has 1 aromatic heterocycles. The highest BCUT2D eigenvalue weighted by molar-refractivity contribution is 8.01. The number of ketones is 1. The normalized spacial score (nSPS) is 13.2. The van der Waals surface area contributed by atoms with Crippen LogP contribution in [0.1, 0.15) is 24.0 Å². The Hall–Kier alpha value is -1.48. The zero-order valence-electron chi connectivity index (χ0n) is 13.3. The van der Waals surface area contributed by atoms with E-state index in [1.165, 1.54) is 24.2 Å². The van der Waals surface area contributed by atoms with Crippen LogP contribution in [0.25, 0.3) is 0 Å².